The summed E-state index contributed by atoms with van der Waals surface area (Å²) in [5.74, 6) is 0.189. The summed E-state index contributed by atoms with van der Waals surface area (Å²) in [5.41, 5.74) is 1.51. The largest absolute Gasteiger partial charge is 0.493 e. The molecule has 1 atom stereocenters. The minimum Gasteiger partial charge on any atom is -0.493 e. The number of ether oxygens (including phenoxy) is 2. The van der Waals surface area contributed by atoms with Crippen LogP contribution in [0.4, 0.5) is 5.69 Å². The van der Waals surface area contributed by atoms with E-state index in [1.54, 1.807) is 23.1 Å². The molecule has 9 nitrogen and oxygen atoms in total. The Morgan fingerprint density at radius 2 is 1.65 bits per heavy atom. The Balaban J connectivity index is 1.43. The summed E-state index contributed by atoms with van der Waals surface area (Å²) in [6.07, 6.45) is -0.0454. The average Bonchev–Trinajstić information content (AvgIpc) is 2.89. The van der Waals surface area contributed by atoms with Gasteiger partial charge in [0.05, 0.1) is 20.6 Å². The van der Waals surface area contributed by atoms with Crippen LogP contribution in [-0.4, -0.2) is 87.1 Å². The van der Waals surface area contributed by atoms with Crippen LogP contribution in [0, 0.1) is 0 Å². The molecule has 2 saturated heterocycles. The molecule has 0 radical (unpaired) electrons. The lowest BCUT2D eigenvalue weighted by atomic mass is 10.0. The molecule has 2 aromatic carbocycles. The first kappa shape index (κ1) is 23.4. The third kappa shape index (κ3) is 4.93. The molecule has 2 aliphatic rings. The first-order valence-corrected chi connectivity index (χ1v) is 11.4. The molecule has 3 amide bonds. The summed E-state index contributed by atoms with van der Waals surface area (Å²) in [7, 11) is 3.02. The molecule has 2 heterocycles. The lowest BCUT2D eigenvalue weighted by Crippen LogP contribution is -2.59. The number of nitrogens with one attached hydrogen (secondary N) is 1. The third-order valence-electron chi connectivity index (χ3n) is 6.34. The molecule has 9 heteroatoms. The van der Waals surface area contributed by atoms with Crippen molar-refractivity contribution in [3.05, 3.63) is 54.1 Å². The van der Waals surface area contributed by atoms with Gasteiger partial charge in [-0.15, -0.1) is 0 Å². The topological polar surface area (TPSA) is 91.4 Å². The molecular formula is C25H30N4O5. The molecule has 1 unspecified atom stereocenters. The maximum Gasteiger partial charge on any atom is 0.254 e. The Kier molecular flexibility index (Phi) is 7.20. The third-order valence-corrected chi connectivity index (χ3v) is 6.34. The van der Waals surface area contributed by atoms with Gasteiger partial charge in [0.25, 0.3) is 5.91 Å². The van der Waals surface area contributed by atoms with Crippen LogP contribution in [0.5, 0.6) is 11.5 Å². The monoisotopic (exact) mass is 466 g/mol. The van der Waals surface area contributed by atoms with Crippen molar-refractivity contribution in [2.24, 2.45) is 0 Å². The van der Waals surface area contributed by atoms with E-state index in [-0.39, 0.29) is 24.1 Å². The Hall–Kier alpha value is -3.75. The highest BCUT2D eigenvalue weighted by Gasteiger charge is 2.36. The predicted octanol–water partition coefficient (Wildman–Crippen LogP) is 1.38. The highest BCUT2D eigenvalue weighted by molar-refractivity contribution is 6.00. The molecular weight excluding hydrogens is 436 g/mol. The van der Waals surface area contributed by atoms with E-state index in [1.807, 2.05) is 18.2 Å². The van der Waals surface area contributed by atoms with E-state index in [9.17, 15) is 14.4 Å². The van der Waals surface area contributed by atoms with Crippen molar-refractivity contribution in [1.82, 2.24) is 15.1 Å². The minimum atomic E-state index is -0.853. The number of para-hydroxylation sites is 1. The van der Waals surface area contributed by atoms with Crippen LogP contribution in [-0.2, 0) is 9.59 Å². The summed E-state index contributed by atoms with van der Waals surface area (Å²) in [5, 5.41) is 2.79. The molecule has 0 aromatic heterocycles. The van der Waals surface area contributed by atoms with E-state index >= 15 is 0 Å². The van der Waals surface area contributed by atoms with Crippen LogP contribution < -0.4 is 19.7 Å². The number of anilines is 1. The zero-order valence-electron chi connectivity index (χ0n) is 19.5. The van der Waals surface area contributed by atoms with Gasteiger partial charge in [-0.25, -0.2) is 0 Å². The quantitative estimate of drug-likeness (QED) is 0.692. The summed E-state index contributed by atoms with van der Waals surface area (Å²) in [4.78, 5) is 44.6. The Bertz CT molecular complexity index is 1040. The molecule has 2 aliphatic heterocycles. The lowest BCUT2D eigenvalue weighted by molar-refractivity contribution is -0.138. The maximum absolute atomic E-state index is 13.3. The first-order chi connectivity index (χ1) is 16.5. The van der Waals surface area contributed by atoms with Crippen LogP contribution >= 0.6 is 0 Å². The van der Waals surface area contributed by atoms with Crippen molar-refractivity contribution in [2.75, 3.05) is 58.4 Å². The number of piperazine rings is 2. The number of hydrogen-bond donors (Lipinski definition) is 1. The summed E-state index contributed by atoms with van der Waals surface area (Å²) in [6, 6.07) is 14.1. The number of rotatable bonds is 6. The van der Waals surface area contributed by atoms with Gasteiger partial charge < -0.3 is 29.5 Å². The minimum absolute atomic E-state index is 0.0454. The normalized spacial score (nSPS) is 18.4. The fourth-order valence-corrected chi connectivity index (χ4v) is 4.44. The van der Waals surface area contributed by atoms with E-state index in [0.717, 1.165) is 18.8 Å². The molecule has 34 heavy (non-hydrogen) atoms. The Morgan fingerprint density at radius 1 is 0.941 bits per heavy atom. The lowest BCUT2D eigenvalue weighted by Gasteiger charge is -2.39. The van der Waals surface area contributed by atoms with Gasteiger partial charge in [-0.3, -0.25) is 14.4 Å². The number of carbonyl (C=O) groups is 3. The second-order valence-electron chi connectivity index (χ2n) is 8.28. The van der Waals surface area contributed by atoms with Crippen molar-refractivity contribution in [2.45, 2.75) is 12.5 Å². The summed E-state index contributed by atoms with van der Waals surface area (Å²) >= 11 is 0. The first-order valence-electron chi connectivity index (χ1n) is 11.4. The van der Waals surface area contributed by atoms with Crippen LogP contribution in [0.25, 0.3) is 0 Å². The molecule has 0 saturated carbocycles. The van der Waals surface area contributed by atoms with Gasteiger partial charge in [0.15, 0.2) is 11.5 Å². The van der Waals surface area contributed by atoms with Gasteiger partial charge in [-0.2, -0.15) is 0 Å². The smallest absolute Gasteiger partial charge is 0.254 e. The second-order valence-corrected chi connectivity index (χ2v) is 8.28. The fourth-order valence-electron chi connectivity index (χ4n) is 4.44. The maximum atomic E-state index is 13.3. The van der Waals surface area contributed by atoms with Crippen LogP contribution in [0.1, 0.15) is 16.8 Å². The molecule has 2 fully saturated rings. The van der Waals surface area contributed by atoms with Gasteiger partial charge in [-0.1, -0.05) is 18.2 Å². The molecule has 4 rings (SSSR count). The van der Waals surface area contributed by atoms with Crippen molar-refractivity contribution < 1.29 is 23.9 Å². The number of nitrogens with zero attached hydrogens (tertiary/aromatic N) is 3. The van der Waals surface area contributed by atoms with Crippen molar-refractivity contribution >= 4 is 23.4 Å². The molecule has 0 aliphatic carbocycles. The number of hydrogen-bond acceptors (Lipinski definition) is 6. The van der Waals surface area contributed by atoms with Crippen molar-refractivity contribution in [3.63, 3.8) is 0 Å². The van der Waals surface area contributed by atoms with E-state index in [1.165, 1.54) is 19.1 Å². The van der Waals surface area contributed by atoms with E-state index in [0.29, 0.717) is 43.2 Å². The number of benzene rings is 2. The van der Waals surface area contributed by atoms with Crippen molar-refractivity contribution in [1.29, 1.82) is 0 Å². The second kappa shape index (κ2) is 10.5. The van der Waals surface area contributed by atoms with Crippen LogP contribution in [0.2, 0.25) is 0 Å². The SMILES string of the molecule is COc1ccc(C(=O)N2CCNC(=O)C2CC(=O)N2CCN(c3ccccc3)CC2)cc1OC. The molecule has 1 N–H and O–H groups in total. The Morgan fingerprint density at radius 3 is 2.32 bits per heavy atom. The van der Waals surface area contributed by atoms with Gasteiger partial charge in [0.2, 0.25) is 11.8 Å². The molecule has 0 bridgehead atoms. The average molecular weight is 467 g/mol. The van der Waals surface area contributed by atoms with Crippen LogP contribution in [0.15, 0.2) is 48.5 Å². The fraction of sp³-hybridized carbons (Fsp3) is 0.400. The van der Waals surface area contributed by atoms with Gasteiger partial charge in [-0.05, 0) is 30.3 Å². The van der Waals surface area contributed by atoms with Gasteiger partial charge in [0, 0.05) is 50.5 Å². The number of carbonyl (C=O) groups excluding carboxylic acids is 3. The van der Waals surface area contributed by atoms with E-state index in [2.05, 4.69) is 22.3 Å². The molecule has 180 valence electrons. The summed E-state index contributed by atoms with van der Waals surface area (Å²) < 4.78 is 10.5. The van der Waals surface area contributed by atoms with E-state index in [4.69, 9.17) is 9.47 Å². The molecule has 0 spiro atoms. The van der Waals surface area contributed by atoms with Crippen LogP contribution in [0.3, 0.4) is 0 Å². The zero-order valence-corrected chi connectivity index (χ0v) is 19.5. The van der Waals surface area contributed by atoms with E-state index < -0.39 is 6.04 Å². The highest BCUT2D eigenvalue weighted by Crippen LogP contribution is 2.28. The Labute approximate surface area is 199 Å². The van der Waals surface area contributed by atoms with Crippen molar-refractivity contribution in [3.8, 4) is 11.5 Å². The standard InChI is InChI=1S/C25H30N4O5/c1-33-21-9-8-18(16-22(21)34-2)25(32)29-11-10-26-24(31)20(29)17-23(30)28-14-12-27(13-15-28)19-6-4-3-5-7-19/h3-9,16,20H,10-15,17H2,1-2H3,(H,26,31). The predicted molar refractivity (Wildman–Crippen MR) is 127 cm³/mol. The highest BCUT2D eigenvalue weighted by atomic mass is 16.5. The zero-order chi connectivity index (χ0) is 24.1. The summed E-state index contributed by atoms with van der Waals surface area (Å²) in [6.45, 7) is 3.27. The van der Waals surface area contributed by atoms with Gasteiger partial charge >= 0.3 is 0 Å². The number of methoxy groups -OCH3 is 2. The molecule has 2 aromatic rings. The number of amides is 3. The van der Waals surface area contributed by atoms with Gasteiger partial charge in [0.1, 0.15) is 6.04 Å².